The van der Waals surface area contributed by atoms with Gasteiger partial charge in [0.15, 0.2) is 11.4 Å². The van der Waals surface area contributed by atoms with E-state index in [-0.39, 0.29) is 5.78 Å². The molecule has 3 atom stereocenters. The van der Waals surface area contributed by atoms with Crippen molar-refractivity contribution in [2.75, 3.05) is 0 Å². The zero-order chi connectivity index (χ0) is 20.9. The van der Waals surface area contributed by atoms with Gasteiger partial charge in [-0.2, -0.15) is 0 Å². The summed E-state index contributed by atoms with van der Waals surface area (Å²) < 4.78 is 5.83. The molecule has 4 rings (SSSR count). The second-order valence-electron chi connectivity index (χ2n) is 9.10. The second-order valence-corrected chi connectivity index (χ2v) is 9.53. The van der Waals surface area contributed by atoms with Crippen molar-refractivity contribution < 1.29 is 14.3 Å². The van der Waals surface area contributed by atoms with Crippen molar-refractivity contribution in [1.82, 2.24) is 0 Å². The van der Waals surface area contributed by atoms with E-state index in [0.29, 0.717) is 29.7 Å². The molecular weight excluding hydrogens is 384 g/mol. The summed E-state index contributed by atoms with van der Waals surface area (Å²) in [5, 5.41) is 0.695. The Hall–Kier alpha value is -2.13. The summed E-state index contributed by atoms with van der Waals surface area (Å²) in [7, 11) is 0. The van der Waals surface area contributed by atoms with Crippen molar-refractivity contribution in [3.63, 3.8) is 0 Å². The topological polar surface area (TPSA) is 43.4 Å². The summed E-state index contributed by atoms with van der Waals surface area (Å²) in [5.41, 5.74) is 3.95. The van der Waals surface area contributed by atoms with E-state index in [4.69, 9.17) is 16.3 Å². The van der Waals surface area contributed by atoms with E-state index >= 15 is 0 Å². The highest BCUT2D eigenvalue weighted by atomic mass is 35.5. The van der Waals surface area contributed by atoms with Gasteiger partial charge in [-0.25, -0.2) is 0 Å². The highest BCUT2D eigenvalue weighted by Crippen LogP contribution is 2.47. The molecule has 0 radical (unpaired) electrons. The van der Waals surface area contributed by atoms with Gasteiger partial charge in [-0.05, 0) is 84.9 Å². The maximum atomic E-state index is 13.5. The number of ketones is 1. The van der Waals surface area contributed by atoms with Crippen LogP contribution in [0, 0.1) is 25.7 Å². The maximum absolute atomic E-state index is 13.5. The van der Waals surface area contributed by atoms with Crippen LogP contribution in [0.3, 0.4) is 0 Å². The summed E-state index contributed by atoms with van der Waals surface area (Å²) in [6.45, 7) is 8.26. The smallest absolute Gasteiger partial charge is 0.322 e. The molecular formula is C25H27ClO3. The van der Waals surface area contributed by atoms with Gasteiger partial charge >= 0.3 is 5.97 Å². The first kappa shape index (κ1) is 20.2. The zero-order valence-electron chi connectivity index (χ0n) is 17.4. The molecule has 1 heterocycles. The largest absolute Gasteiger partial charge is 0.450 e. The molecule has 0 aromatic heterocycles. The molecule has 2 fully saturated rings. The van der Waals surface area contributed by atoms with Crippen LogP contribution in [0.2, 0.25) is 5.02 Å². The van der Waals surface area contributed by atoms with E-state index in [2.05, 4.69) is 19.9 Å². The van der Waals surface area contributed by atoms with Crippen LogP contribution < -0.4 is 0 Å². The second kappa shape index (κ2) is 7.28. The number of esters is 1. The van der Waals surface area contributed by atoms with E-state index < -0.39 is 17.5 Å². The first-order chi connectivity index (χ1) is 13.7. The number of hydrogen-bond donors (Lipinski definition) is 0. The number of hydrogen-bond acceptors (Lipinski definition) is 3. The average Bonchev–Trinajstić information content (AvgIpc) is 2.86. The van der Waals surface area contributed by atoms with Gasteiger partial charge in [-0.1, -0.05) is 49.7 Å². The number of carbonyl (C=O) groups excluding carboxylic acids is 2. The number of ether oxygens (including phenoxy) is 1. The van der Waals surface area contributed by atoms with E-state index in [1.807, 2.05) is 44.2 Å². The molecule has 1 aliphatic heterocycles. The number of rotatable bonds is 2. The molecule has 3 nitrogen and oxygen atoms in total. The van der Waals surface area contributed by atoms with Crippen molar-refractivity contribution in [1.29, 1.82) is 0 Å². The van der Waals surface area contributed by atoms with E-state index in [1.165, 1.54) is 0 Å². The molecule has 0 amide bonds. The Kier molecular flexibility index (Phi) is 5.06. The Morgan fingerprint density at radius 3 is 2.21 bits per heavy atom. The van der Waals surface area contributed by atoms with Crippen molar-refractivity contribution in [3.05, 3.63) is 58.1 Å². The first-order valence-corrected chi connectivity index (χ1v) is 10.7. The Bertz CT molecular complexity index is 966. The Morgan fingerprint density at radius 1 is 0.966 bits per heavy atom. The summed E-state index contributed by atoms with van der Waals surface area (Å²) in [6, 6.07) is 11.7. The molecule has 0 N–H and O–H groups in total. The number of benzene rings is 2. The van der Waals surface area contributed by atoms with Crippen molar-refractivity contribution in [2.24, 2.45) is 11.8 Å². The fourth-order valence-electron chi connectivity index (χ4n) is 5.38. The van der Waals surface area contributed by atoms with Gasteiger partial charge in [0.2, 0.25) is 0 Å². The predicted octanol–water partition coefficient (Wildman–Crippen LogP) is 6.03. The van der Waals surface area contributed by atoms with Gasteiger partial charge in [-0.15, -0.1) is 0 Å². The Labute approximate surface area is 177 Å². The van der Waals surface area contributed by atoms with Crippen LogP contribution >= 0.6 is 11.6 Å². The standard InChI is InChI=1S/C25H27ClO3/c1-14-9-15(2)13-25(12-14)23(27)22(24(28)29-25)21-11-16(3)20(10-17(21)4)18-5-7-19(26)8-6-18/h5-8,10-11,14-15,22H,9,12-13H2,1-4H3. The average molecular weight is 411 g/mol. The van der Waals surface area contributed by atoms with Crippen molar-refractivity contribution >= 4 is 23.4 Å². The van der Waals surface area contributed by atoms with Gasteiger partial charge in [0, 0.05) is 5.02 Å². The molecule has 1 saturated heterocycles. The third-order valence-corrected chi connectivity index (χ3v) is 6.74. The summed E-state index contributed by atoms with van der Waals surface area (Å²) in [4.78, 5) is 26.3. The molecule has 3 unspecified atom stereocenters. The molecule has 0 bridgehead atoms. The van der Waals surface area contributed by atoms with E-state index in [1.54, 1.807) is 0 Å². The van der Waals surface area contributed by atoms with Crippen molar-refractivity contribution in [3.8, 4) is 11.1 Å². The fourth-order valence-corrected chi connectivity index (χ4v) is 5.50. The quantitative estimate of drug-likeness (QED) is 0.448. The molecule has 1 spiro atoms. The molecule has 4 heteroatoms. The van der Waals surface area contributed by atoms with Crippen LogP contribution in [-0.2, 0) is 14.3 Å². The highest BCUT2D eigenvalue weighted by molar-refractivity contribution is 6.30. The fraction of sp³-hybridized carbons (Fsp3) is 0.440. The van der Waals surface area contributed by atoms with Crippen LogP contribution in [0.25, 0.3) is 11.1 Å². The predicted molar refractivity (Wildman–Crippen MR) is 115 cm³/mol. The van der Waals surface area contributed by atoms with Gasteiger partial charge in [0.1, 0.15) is 5.92 Å². The van der Waals surface area contributed by atoms with Gasteiger partial charge in [0.25, 0.3) is 0 Å². The van der Waals surface area contributed by atoms with Gasteiger partial charge < -0.3 is 4.74 Å². The first-order valence-electron chi connectivity index (χ1n) is 10.3. The molecule has 152 valence electrons. The number of carbonyl (C=O) groups is 2. The summed E-state index contributed by atoms with van der Waals surface area (Å²) in [5.74, 6) is -0.500. The van der Waals surface area contributed by atoms with Crippen LogP contribution in [0.15, 0.2) is 36.4 Å². The van der Waals surface area contributed by atoms with E-state index in [0.717, 1.165) is 34.2 Å². The highest BCUT2D eigenvalue weighted by Gasteiger charge is 2.58. The monoisotopic (exact) mass is 410 g/mol. The van der Waals surface area contributed by atoms with Crippen LogP contribution in [-0.4, -0.2) is 17.4 Å². The molecule has 2 aromatic carbocycles. The molecule has 29 heavy (non-hydrogen) atoms. The third-order valence-electron chi connectivity index (χ3n) is 6.48. The van der Waals surface area contributed by atoms with Gasteiger partial charge in [0.05, 0.1) is 0 Å². The normalized spacial score (nSPS) is 29.3. The minimum absolute atomic E-state index is 0.0531. The minimum atomic E-state index is -0.936. The Balaban J connectivity index is 1.71. The van der Waals surface area contributed by atoms with Crippen LogP contribution in [0.1, 0.15) is 55.7 Å². The zero-order valence-corrected chi connectivity index (χ0v) is 18.2. The number of aryl methyl sites for hydroxylation is 2. The van der Waals surface area contributed by atoms with E-state index in [9.17, 15) is 9.59 Å². The summed E-state index contributed by atoms with van der Waals surface area (Å²) in [6.07, 6.45) is 2.35. The molecule has 2 aliphatic rings. The number of halogens is 1. The molecule has 1 aliphatic carbocycles. The minimum Gasteiger partial charge on any atom is -0.450 e. The van der Waals surface area contributed by atoms with Crippen LogP contribution in [0.4, 0.5) is 0 Å². The maximum Gasteiger partial charge on any atom is 0.322 e. The number of Topliss-reactive ketones (excluding diaryl/α,β-unsaturated/α-hetero) is 1. The van der Waals surface area contributed by atoms with Crippen LogP contribution in [0.5, 0.6) is 0 Å². The lowest BCUT2D eigenvalue weighted by atomic mass is 9.70. The molecule has 1 saturated carbocycles. The lowest BCUT2D eigenvalue weighted by Crippen LogP contribution is -2.44. The SMILES string of the molecule is Cc1cc(C2C(=O)OC3(CC(C)CC(C)C3)C2=O)c(C)cc1-c1ccc(Cl)cc1. The third kappa shape index (κ3) is 3.50. The summed E-state index contributed by atoms with van der Waals surface area (Å²) >= 11 is 6.02. The lowest BCUT2D eigenvalue weighted by Gasteiger charge is -2.37. The van der Waals surface area contributed by atoms with Gasteiger partial charge in [-0.3, -0.25) is 9.59 Å². The lowest BCUT2D eigenvalue weighted by molar-refractivity contribution is -0.158. The Morgan fingerprint density at radius 2 is 1.59 bits per heavy atom. The molecule has 2 aromatic rings. The van der Waals surface area contributed by atoms with Crippen molar-refractivity contribution in [2.45, 2.75) is 58.5 Å².